The van der Waals surface area contributed by atoms with Crippen molar-refractivity contribution in [2.75, 3.05) is 13.6 Å². The van der Waals surface area contributed by atoms with Crippen LogP contribution in [0.4, 0.5) is 4.39 Å². The van der Waals surface area contributed by atoms with Crippen molar-refractivity contribution in [3.05, 3.63) is 59.9 Å². The second kappa shape index (κ2) is 6.67. The molecule has 26 heavy (non-hydrogen) atoms. The molecule has 2 aliphatic rings. The number of rotatable bonds is 2. The summed E-state index contributed by atoms with van der Waals surface area (Å²) in [6.45, 7) is 2.95. The van der Waals surface area contributed by atoms with Crippen molar-refractivity contribution in [3.8, 4) is 11.1 Å². The van der Waals surface area contributed by atoms with Gasteiger partial charge in [0.05, 0.1) is 0 Å². The summed E-state index contributed by atoms with van der Waals surface area (Å²) < 4.78 is 14.1. The predicted molar refractivity (Wildman–Crippen MR) is 104 cm³/mol. The first-order chi connectivity index (χ1) is 11.9. The van der Waals surface area contributed by atoms with E-state index in [-0.39, 0.29) is 29.7 Å². The molecule has 3 nitrogen and oxygen atoms in total. The highest BCUT2D eigenvalue weighted by molar-refractivity contribution is 5.89. The normalized spacial score (nSPS) is 27.8. The summed E-state index contributed by atoms with van der Waals surface area (Å²) in [6, 6.07) is 14.9. The zero-order valence-corrected chi connectivity index (χ0v) is 15.9. The maximum absolute atomic E-state index is 14.1. The van der Waals surface area contributed by atoms with Crippen molar-refractivity contribution in [1.29, 1.82) is 0 Å². The minimum absolute atomic E-state index is 0. The van der Waals surface area contributed by atoms with Gasteiger partial charge in [-0.2, -0.15) is 0 Å². The van der Waals surface area contributed by atoms with Crippen LogP contribution >= 0.6 is 12.4 Å². The van der Waals surface area contributed by atoms with Crippen LogP contribution in [0.5, 0.6) is 0 Å². The van der Waals surface area contributed by atoms with Crippen LogP contribution in [0, 0.1) is 5.82 Å². The highest BCUT2D eigenvalue weighted by Crippen LogP contribution is 2.43. The Kier molecular flexibility index (Phi) is 4.84. The molecule has 2 aromatic rings. The summed E-state index contributed by atoms with van der Waals surface area (Å²) in [7, 11) is 1.87. The van der Waals surface area contributed by atoms with Crippen LogP contribution in [0.1, 0.15) is 31.7 Å². The molecule has 0 unspecified atom stereocenters. The molecule has 2 aromatic carbocycles. The molecule has 2 atom stereocenters. The highest BCUT2D eigenvalue weighted by atomic mass is 35.5. The van der Waals surface area contributed by atoms with Crippen LogP contribution in [0.15, 0.2) is 48.5 Å². The van der Waals surface area contributed by atoms with E-state index in [2.05, 4.69) is 18.3 Å². The second-order valence-corrected chi connectivity index (χ2v) is 7.58. The van der Waals surface area contributed by atoms with Gasteiger partial charge in [0.1, 0.15) is 11.4 Å². The van der Waals surface area contributed by atoms with Gasteiger partial charge in [-0.25, -0.2) is 4.39 Å². The van der Waals surface area contributed by atoms with Crippen LogP contribution < -0.4 is 5.32 Å². The fourth-order valence-electron chi connectivity index (χ4n) is 4.34. The molecular weight excluding hydrogens is 351 g/mol. The van der Waals surface area contributed by atoms with Crippen LogP contribution in [0.2, 0.25) is 0 Å². The molecule has 0 radical (unpaired) electrons. The standard InChI is InChI=1S/C21H23FN2O.ClH/c1-20(10-11-21(23-20)12-13-24(2)19(21)25)16-7-5-6-15(14-16)17-8-3-4-9-18(17)22;/h3-9,14,23H,10-13H2,1-2H3;1H/t20-,21+;/m1./s1. The first-order valence-electron chi connectivity index (χ1n) is 8.84. The topological polar surface area (TPSA) is 32.3 Å². The number of nitrogens with one attached hydrogen (secondary N) is 1. The number of benzene rings is 2. The predicted octanol–water partition coefficient (Wildman–Crippen LogP) is 4.11. The molecule has 0 aromatic heterocycles. The molecule has 2 saturated heterocycles. The van der Waals surface area contributed by atoms with Crippen molar-refractivity contribution in [1.82, 2.24) is 10.2 Å². The number of hydrogen-bond acceptors (Lipinski definition) is 2. The Morgan fingerprint density at radius 3 is 2.54 bits per heavy atom. The molecule has 5 heteroatoms. The van der Waals surface area contributed by atoms with E-state index in [0.717, 1.165) is 36.9 Å². The maximum Gasteiger partial charge on any atom is 0.242 e. The average Bonchev–Trinajstić information content (AvgIpc) is 3.11. The summed E-state index contributed by atoms with van der Waals surface area (Å²) >= 11 is 0. The largest absolute Gasteiger partial charge is 0.344 e. The molecule has 0 bridgehead atoms. The minimum Gasteiger partial charge on any atom is -0.344 e. The fourth-order valence-corrected chi connectivity index (χ4v) is 4.34. The van der Waals surface area contributed by atoms with E-state index in [9.17, 15) is 9.18 Å². The van der Waals surface area contributed by atoms with Crippen LogP contribution in [0.25, 0.3) is 11.1 Å². The lowest BCUT2D eigenvalue weighted by molar-refractivity contribution is -0.131. The number of carbonyl (C=O) groups is 1. The summed E-state index contributed by atoms with van der Waals surface area (Å²) in [4.78, 5) is 14.4. The molecule has 0 aliphatic carbocycles. The third-order valence-corrected chi connectivity index (χ3v) is 5.88. The van der Waals surface area contributed by atoms with E-state index in [1.807, 2.05) is 36.2 Å². The van der Waals surface area contributed by atoms with Gasteiger partial charge in [-0.15, -0.1) is 12.4 Å². The first-order valence-corrected chi connectivity index (χ1v) is 8.84. The van der Waals surface area contributed by atoms with Crippen molar-refractivity contribution in [2.45, 2.75) is 37.3 Å². The van der Waals surface area contributed by atoms with Gasteiger partial charge in [-0.3, -0.25) is 10.1 Å². The first kappa shape index (κ1) is 18.9. The van der Waals surface area contributed by atoms with Gasteiger partial charge in [0.25, 0.3) is 0 Å². The van der Waals surface area contributed by atoms with Gasteiger partial charge in [0.2, 0.25) is 5.91 Å². The quantitative estimate of drug-likeness (QED) is 0.857. The highest BCUT2D eigenvalue weighted by Gasteiger charge is 2.54. The van der Waals surface area contributed by atoms with E-state index in [1.165, 1.54) is 6.07 Å². The molecular formula is C21H24ClFN2O. The third-order valence-electron chi connectivity index (χ3n) is 5.88. The number of likely N-dealkylation sites (N-methyl/N-ethyl adjacent to an activating group) is 1. The SMILES string of the molecule is CN1CC[C@@]2(CC[C@](C)(c3cccc(-c4ccccc4F)c3)N2)C1=O.Cl. The molecule has 1 spiro atoms. The number of hydrogen-bond donors (Lipinski definition) is 1. The second-order valence-electron chi connectivity index (χ2n) is 7.58. The lowest BCUT2D eigenvalue weighted by Crippen LogP contribution is -2.52. The van der Waals surface area contributed by atoms with E-state index >= 15 is 0 Å². The number of likely N-dealkylation sites (tertiary alicyclic amines) is 1. The van der Waals surface area contributed by atoms with Gasteiger partial charge in [-0.05, 0) is 49.4 Å². The van der Waals surface area contributed by atoms with E-state index in [4.69, 9.17) is 0 Å². The van der Waals surface area contributed by atoms with E-state index in [1.54, 1.807) is 12.1 Å². The lowest BCUT2D eigenvalue weighted by atomic mass is 9.88. The van der Waals surface area contributed by atoms with Gasteiger partial charge in [-0.1, -0.05) is 36.4 Å². The molecule has 1 amide bonds. The fraction of sp³-hybridized carbons (Fsp3) is 0.381. The van der Waals surface area contributed by atoms with E-state index < -0.39 is 5.54 Å². The number of amides is 1. The maximum atomic E-state index is 14.1. The summed E-state index contributed by atoms with van der Waals surface area (Å²) in [5, 5.41) is 3.65. The smallest absolute Gasteiger partial charge is 0.242 e. The summed E-state index contributed by atoms with van der Waals surface area (Å²) in [5.41, 5.74) is 1.87. The summed E-state index contributed by atoms with van der Waals surface area (Å²) in [5.74, 6) is -0.0188. The van der Waals surface area contributed by atoms with Gasteiger partial charge < -0.3 is 4.90 Å². The zero-order valence-electron chi connectivity index (χ0n) is 15.1. The Labute approximate surface area is 160 Å². The molecule has 4 rings (SSSR count). The number of halogens is 2. The molecule has 1 N–H and O–H groups in total. The van der Waals surface area contributed by atoms with Crippen LogP contribution in [-0.4, -0.2) is 29.9 Å². The lowest BCUT2D eigenvalue weighted by Gasteiger charge is -2.31. The monoisotopic (exact) mass is 374 g/mol. The van der Waals surface area contributed by atoms with E-state index in [0.29, 0.717) is 5.56 Å². The van der Waals surface area contributed by atoms with Crippen LogP contribution in [0.3, 0.4) is 0 Å². The van der Waals surface area contributed by atoms with Gasteiger partial charge in [0, 0.05) is 24.7 Å². The van der Waals surface area contributed by atoms with Gasteiger partial charge >= 0.3 is 0 Å². The minimum atomic E-state index is -0.433. The van der Waals surface area contributed by atoms with Crippen molar-refractivity contribution in [3.63, 3.8) is 0 Å². The molecule has 0 saturated carbocycles. The van der Waals surface area contributed by atoms with Crippen LogP contribution in [-0.2, 0) is 10.3 Å². The van der Waals surface area contributed by atoms with Crippen molar-refractivity contribution >= 4 is 18.3 Å². The van der Waals surface area contributed by atoms with Gasteiger partial charge in [0.15, 0.2) is 0 Å². The van der Waals surface area contributed by atoms with Crippen molar-refractivity contribution in [2.24, 2.45) is 0 Å². The molecule has 2 aliphatic heterocycles. The number of nitrogens with zero attached hydrogens (tertiary/aromatic N) is 1. The Morgan fingerprint density at radius 1 is 1.08 bits per heavy atom. The average molecular weight is 375 g/mol. The third kappa shape index (κ3) is 2.91. The molecule has 2 fully saturated rings. The summed E-state index contributed by atoms with van der Waals surface area (Å²) in [6.07, 6.45) is 2.59. The van der Waals surface area contributed by atoms with Crippen molar-refractivity contribution < 1.29 is 9.18 Å². The Bertz CT molecular complexity index is 842. The Balaban J connectivity index is 0.00000196. The zero-order chi connectivity index (χ0) is 17.7. The number of carbonyl (C=O) groups excluding carboxylic acids is 1. The Hall–Kier alpha value is -1.91. The molecule has 138 valence electrons. The molecule has 2 heterocycles. The Morgan fingerprint density at radius 2 is 1.85 bits per heavy atom.